The Balaban J connectivity index is 1.84. The first kappa shape index (κ1) is 20.5. The number of nitrogens with two attached hydrogens (primary N) is 1. The third kappa shape index (κ3) is 4.60. The molecule has 0 atom stereocenters. The lowest BCUT2D eigenvalue weighted by Gasteiger charge is -2.29. The minimum Gasteiger partial charge on any atom is -0.351 e. The minimum absolute atomic E-state index is 0.167. The Bertz CT molecular complexity index is 957. The lowest BCUT2D eigenvalue weighted by molar-refractivity contribution is -0.115. The van der Waals surface area contributed by atoms with Gasteiger partial charge in [0.25, 0.3) is 11.8 Å². The second-order valence-electron chi connectivity index (χ2n) is 7.73. The molecule has 0 bridgehead atoms. The first-order valence-electron chi connectivity index (χ1n) is 9.20. The van der Waals surface area contributed by atoms with E-state index in [1.807, 2.05) is 13.8 Å². The van der Waals surface area contributed by atoms with Crippen LogP contribution in [-0.2, 0) is 4.79 Å². The molecule has 0 saturated heterocycles. The standard InChI is InChI=1S/C21H23FN4O3/c1-21(2,11-23)12-24-19(28)14-5-8-17-16(9-14)25-18(27)10-26(17)20(29)13-3-6-15(22)7-4-13/h3-9H,10-12,23H2,1-2H3,(H,24,28)(H,25,27). The first-order valence-corrected chi connectivity index (χ1v) is 9.20. The number of nitrogens with zero attached hydrogens (tertiary/aromatic N) is 1. The van der Waals surface area contributed by atoms with Gasteiger partial charge in [0.05, 0.1) is 11.4 Å². The molecule has 7 nitrogen and oxygen atoms in total. The number of fused-ring (bicyclic) bond motifs is 1. The van der Waals surface area contributed by atoms with Gasteiger partial charge in [0, 0.05) is 17.7 Å². The van der Waals surface area contributed by atoms with Gasteiger partial charge in [-0.25, -0.2) is 4.39 Å². The van der Waals surface area contributed by atoms with Crippen LogP contribution in [0.2, 0.25) is 0 Å². The molecule has 29 heavy (non-hydrogen) atoms. The summed E-state index contributed by atoms with van der Waals surface area (Å²) in [5.74, 6) is -1.56. The van der Waals surface area contributed by atoms with Crippen LogP contribution in [0, 0.1) is 11.2 Å². The SMILES string of the molecule is CC(C)(CN)CNC(=O)c1ccc2c(c1)NC(=O)CN2C(=O)c1ccc(F)cc1. The molecule has 3 amide bonds. The van der Waals surface area contributed by atoms with E-state index in [1.165, 1.54) is 35.2 Å². The molecular weight excluding hydrogens is 375 g/mol. The molecule has 0 aliphatic carbocycles. The average molecular weight is 398 g/mol. The molecule has 1 aliphatic heterocycles. The Labute approximate surface area is 168 Å². The number of benzene rings is 2. The van der Waals surface area contributed by atoms with Crippen LogP contribution in [0.4, 0.5) is 15.8 Å². The van der Waals surface area contributed by atoms with Gasteiger partial charge in [-0.1, -0.05) is 13.8 Å². The zero-order valence-corrected chi connectivity index (χ0v) is 16.3. The van der Waals surface area contributed by atoms with Crippen molar-refractivity contribution in [1.29, 1.82) is 0 Å². The van der Waals surface area contributed by atoms with Crippen LogP contribution < -0.4 is 21.3 Å². The van der Waals surface area contributed by atoms with E-state index in [4.69, 9.17) is 5.73 Å². The lowest BCUT2D eigenvalue weighted by atomic mass is 9.94. The van der Waals surface area contributed by atoms with Crippen LogP contribution in [0.25, 0.3) is 0 Å². The number of rotatable bonds is 5. The summed E-state index contributed by atoms with van der Waals surface area (Å²) in [6.07, 6.45) is 0. The van der Waals surface area contributed by atoms with E-state index in [-0.39, 0.29) is 29.3 Å². The number of halogens is 1. The molecule has 0 unspecified atom stereocenters. The zero-order chi connectivity index (χ0) is 21.2. The summed E-state index contributed by atoms with van der Waals surface area (Å²) in [4.78, 5) is 38.7. The van der Waals surface area contributed by atoms with Crippen molar-refractivity contribution in [3.63, 3.8) is 0 Å². The fourth-order valence-corrected chi connectivity index (χ4v) is 2.85. The Morgan fingerprint density at radius 2 is 1.83 bits per heavy atom. The second kappa shape index (κ2) is 8.00. The third-order valence-electron chi connectivity index (χ3n) is 4.74. The quantitative estimate of drug-likeness (QED) is 0.718. The highest BCUT2D eigenvalue weighted by Gasteiger charge is 2.28. The Hall–Kier alpha value is -3.26. The van der Waals surface area contributed by atoms with E-state index in [9.17, 15) is 18.8 Å². The summed E-state index contributed by atoms with van der Waals surface area (Å²) in [5.41, 5.74) is 6.89. The van der Waals surface area contributed by atoms with Crippen LogP contribution in [0.3, 0.4) is 0 Å². The summed E-state index contributed by atoms with van der Waals surface area (Å²) < 4.78 is 13.1. The summed E-state index contributed by atoms with van der Waals surface area (Å²) >= 11 is 0. The summed E-state index contributed by atoms with van der Waals surface area (Å²) in [6.45, 7) is 4.55. The predicted molar refractivity (Wildman–Crippen MR) is 108 cm³/mol. The van der Waals surface area contributed by atoms with Crippen LogP contribution in [0.15, 0.2) is 42.5 Å². The van der Waals surface area contributed by atoms with Crippen LogP contribution in [-0.4, -0.2) is 37.4 Å². The summed E-state index contributed by atoms with van der Waals surface area (Å²) in [6, 6.07) is 9.84. The van der Waals surface area contributed by atoms with Gasteiger partial charge in [-0.3, -0.25) is 19.3 Å². The Morgan fingerprint density at radius 3 is 2.48 bits per heavy atom. The van der Waals surface area contributed by atoms with Gasteiger partial charge < -0.3 is 16.4 Å². The molecule has 0 saturated carbocycles. The van der Waals surface area contributed by atoms with Crippen molar-refractivity contribution in [1.82, 2.24) is 5.32 Å². The highest BCUT2D eigenvalue weighted by Crippen LogP contribution is 2.31. The molecule has 1 heterocycles. The molecule has 2 aromatic rings. The van der Waals surface area contributed by atoms with Gasteiger partial charge in [-0.2, -0.15) is 0 Å². The van der Waals surface area contributed by atoms with E-state index in [0.29, 0.717) is 30.0 Å². The highest BCUT2D eigenvalue weighted by molar-refractivity contribution is 6.15. The summed E-state index contributed by atoms with van der Waals surface area (Å²) in [7, 11) is 0. The molecule has 0 radical (unpaired) electrons. The van der Waals surface area contributed by atoms with Crippen molar-refractivity contribution in [2.45, 2.75) is 13.8 Å². The number of anilines is 2. The molecule has 152 valence electrons. The smallest absolute Gasteiger partial charge is 0.258 e. The van der Waals surface area contributed by atoms with Gasteiger partial charge in [0.2, 0.25) is 5.91 Å². The predicted octanol–water partition coefficient (Wildman–Crippen LogP) is 2.14. The molecular formula is C21H23FN4O3. The normalized spacial score (nSPS) is 13.5. The van der Waals surface area contributed by atoms with E-state index >= 15 is 0 Å². The second-order valence-corrected chi connectivity index (χ2v) is 7.73. The van der Waals surface area contributed by atoms with Crippen LogP contribution >= 0.6 is 0 Å². The molecule has 0 aromatic heterocycles. The average Bonchev–Trinajstić information content (AvgIpc) is 2.71. The van der Waals surface area contributed by atoms with Gasteiger partial charge in [-0.05, 0) is 54.4 Å². The third-order valence-corrected chi connectivity index (χ3v) is 4.74. The van der Waals surface area contributed by atoms with Gasteiger partial charge >= 0.3 is 0 Å². The van der Waals surface area contributed by atoms with E-state index in [2.05, 4.69) is 10.6 Å². The maximum absolute atomic E-state index is 13.1. The van der Waals surface area contributed by atoms with Crippen molar-refractivity contribution in [2.24, 2.45) is 11.1 Å². The number of hydrogen-bond acceptors (Lipinski definition) is 4. The first-order chi connectivity index (χ1) is 13.7. The van der Waals surface area contributed by atoms with E-state index < -0.39 is 11.7 Å². The van der Waals surface area contributed by atoms with Crippen LogP contribution in [0.1, 0.15) is 34.6 Å². The number of amides is 3. The molecule has 8 heteroatoms. The summed E-state index contributed by atoms with van der Waals surface area (Å²) in [5, 5.41) is 5.52. The van der Waals surface area contributed by atoms with Crippen molar-refractivity contribution < 1.29 is 18.8 Å². The number of nitrogens with one attached hydrogen (secondary N) is 2. The molecule has 0 spiro atoms. The molecule has 1 aliphatic rings. The Morgan fingerprint density at radius 1 is 1.17 bits per heavy atom. The van der Waals surface area contributed by atoms with Gasteiger partial charge in [-0.15, -0.1) is 0 Å². The number of carbonyl (C=O) groups excluding carboxylic acids is 3. The van der Waals surface area contributed by atoms with E-state index in [1.54, 1.807) is 12.1 Å². The maximum Gasteiger partial charge on any atom is 0.258 e. The van der Waals surface area contributed by atoms with Crippen LogP contribution in [0.5, 0.6) is 0 Å². The fraction of sp³-hybridized carbons (Fsp3) is 0.286. The minimum atomic E-state index is -0.452. The number of hydrogen-bond donors (Lipinski definition) is 3. The van der Waals surface area contributed by atoms with E-state index in [0.717, 1.165) is 0 Å². The topological polar surface area (TPSA) is 105 Å². The van der Waals surface area contributed by atoms with Crippen molar-refractivity contribution in [2.75, 3.05) is 29.9 Å². The largest absolute Gasteiger partial charge is 0.351 e. The fourth-order valence-electron chi connectivity index (χ4n) is 2.85. The molecule has 0 fully saturated rings. The van der Waals surface area contributed by atoms with Crippen molar-refractivity contribution in [3.05, 3.63) is 59.4 Å². The molecule has 2 aromatic carbocycles. The zero-order valence-electron chi connectivity index (χ0n) is 16.3. The Kier molecular flexibility index (Phi) is 5.65. The monoisotopic (exact) mass is 398 g/mol. The van der Waals surface area contributed by atoms with Crippen molar-refractivity contribution in [3.8, 4) is 0 Å². The van der Waals surface area contributed by atoms with Crippen molar-refractivity contribution >= 4 is 29.1 Å². The molecule has 4 N–H and O–H groups in total. The molecule has 3 rings (SSSR count). The van der Waals surface area contributed by atoms with Gasteiger partial charge in [0.1, 0.15) is 12.4 Å². The number of carbonyl (C=O) groups is 3. The lowest BCUT2D eigenvalue weighted by Crippen LogP contribution is -2.42. The van der Waals surface area contributed by atoms with Gasteiger partial charge in [0.15, 0.2) is 0 Å². The maximum atomic E-state index is 13.1. The highest BCUT2D eigenvalue weighted by atomic mass is 19.1.